The highest BCUT2D eigenvalue weighted by atomic mass is 16.4. The fraction of sp³-hybridized carbons (Fsp3) is 0.250. The summed E-state index contributed by atoms with van der Waals surface area (Å²) in [5.41, 5.74) is -0.933. The monoisotopic (exact) mass is 146 g/mol. The van der Waals surface area contributed by atoms with Gasteiger partial charge in [0.05, 0.1) is 0 Å². The molecule has 6 nitrogen and oxygen atoms in total. The Labute approximate surface area is 56.1 Å². The summed E-state index contributed by atoms with van der Waals surface area (Å²) in [5, 5.41) is 29.1. The van der Waals surface area contributed by atoms with Gasteiger partial charge in [0.1, 0.15) is 5.71 Å². The summed E-state index contributed by atoms with van der Waals surface area (Å²) in [7, 11) is 0. The molecule has 0 saturated heterocycles. The van der Waals surface area contributed by atoms with Crippen LogP contribution in [0.1, 0.15) is 6.92 Å². The summed E-state index contributed by atoms with van der Waals surface area (Å²) in [6.45, 7) is 1.20. The minimum absolute atomic E-state index is 0.255. The van der Waals surface area contributed by atoms with Crippen molar-refractivity contribution in [2.45, 2.75) is 6.92 Å². The van der Waals surface area contributed by atoms with Gasteiger partial charge in [-0.1, -0.05) is 10.3 Å². The van der Waals surface area contributed by atoms with Crippen LogP contribution in [0, 0.1) is 0 Å². The Morgan fingerprint density at radius 1 is 1.30 bits per heavy atom. The lowest BCUT2D eigenvalue weighted by atomic mass is 10.3. The lowest BCUT2D eigenvalue weighted by Gasteiger charge is -1.92. The number of nitrogens with zero attached hydrogens (tertiary/aromatic N) is 2. The second-order valence-electron chi connectivity index (χ2n) is 1.44. The van der Waals surface area contributed by atoms with E-state index in [0.29, 0.717) is 0 Å². The number of rotatable bonds is 2. The van der Waals surface area contributed by atoms with Gasteiger partial charge in [-0.05, 0) is 6.92 Å². The molecule has 3 N–H and O–H groups in total. The highest BCUT2D eigenvalue weighted by Crippen LogP contribution is 1.82. The van der Waals surface area contributed by atoms with Crippen LogP contribution in [0.25, 0.3) is 0 Å². The van der Waals surface area contributed by atoms with Crippen molar-refractivity contribution in [3.05, 3.63) is 0 Å². The molecule has 0 saturated carbocycles. The maximum atomic E-state index is 10.0. The Bertz CT molecular complexity index is 195. The van der Waals surface area contributed by atoms with Gasteiger partial charge in [0, 0.05) is 0 Å². The van der Waals surface area contributed by atoms with Gasteiger partial charge in [-0.3, -0.25) is 0 Å². The van der Waals surface area contributed by atoms with Gasteiger partial charge in [-0.15, -0.1) is 0 Å². The number of oxime groups is 2. The van der Waals surface area contributed by atoms with Gasteiger partial charge in [0.15, 0.2) is 0 Å². The zero-order valence-electron chi connectivity index (χ0n) is 5.14. The quantitative estimate of drug-likeness (QED) is 0.284. The van der Waals surface area contributed by atoms with E-state index in [2.05, 4.69) is 10.3 Å². The number of hydrogen-bond donors (Lipinski definition) is 3. The first-order valence-electron chi connectivity index (χ1n) is 2.27. The molecule has 0 heterocycles. The van der Waals surface area contributed by atoms with E-state index in [1.165, 1.54) is 6.92 Å². The largest absolute Gasteiger partial charge is 0.476 e. The Morgan fingerprint density at radius 2 is 1.80 bits per heavy atom. The lowest BCUT2D eigenvalue weighted by Crippen LogP contribution is -2.21. The number of carbonyl (C=O) groups is 1. The first-order valence-corrected chi connectivity index (χ1v) is 2.27. The zero-order valence-corrected chi connectivity index (χ0v) is 5.14. The van der Waals surface area contributed by atoms with Crippen molar-refractivity contribution in [2.24, 2.45) is 10.3 Å². The minimum atomic E-state index is -1.45. The predicted molar refractivity (Wildman–Crippen MR) is 31.8 cm³/mol. The van der Waals surface area contributed by atoms with Crippen molar-refractivity contribution in [2.75, 3.05) is 0 Å². The average molecular weight is 146 g/mol. The molecular weight excluding hydrogens is 140 g/mol. The van der Waals surface area contributed by atoms with Crippen LogP contribution in [0.2, 0.25) is 0 Å². The molecule has 0 amide bonds. The lowest BCUT2D eigenvalue weighted by molar-refractivity contribution is -0.129. The number of carboxylic acids is 1. The molecule has 0 rings (SSSR count). The van der Waals surface area contributed by atoms with Crippen LogP contribution in [0.3, 0.4) is 0 Å². The SMILES string of the molecule is CC(=N/O)/C(=N/O)C(=O)O. The molecule has 56 valence electrons. The Kier molecular flexibility index (Phi) is 2.89. The maximum absolute atomic E-state index is 10.0. The van der Waals surface area contributed by atoms with Gasteiger partial charge in [0.2, 0.25) is 5.71 Å². The molecule has 10 heavy (non-hydrogen) atoms. The molecule has 0 fully saturated rings. The van der Waals surface area contributed by atoms with Crippen LogP contribution in [0.5, 0.6) is 0 Å². The second-order valence-corrected chi connectivity index (χ2v) is 1.44. The molecule has 0 unspecified atom stereocenters. The summed E-state index contributed by atoms with van der Waals surface area (Å²) in [6, 6.07) is 0. The predicted octanol–water partition coefficient (Wildman–Crippen LogP) is -0.249. The van der Waals surface area contributed by atoms with Crippen molar-refractivity contribution in [1.29, 1.82) is 0 Å². The van der Waals surface area contributed by atoms with Crippen LogP contribution < -0.4 is 0 Å². The molecule has 0 spiro atoms. The third-order valence-corrected chi connectivity index (χ3v) is 0.795. The number of carboxylic acid groups (broad SMARTS) is 1. The van der Waals surface area contributed by atoms with E-state index in [4.69, 9.17) is 15.5 Å². The summed E-state index contributed by atoms with van der Waals surface area (Å²) < 4.78 is 0. The van der Waals surface area contributed by atoms with E-state index >= 15 is 0 Å². The third kappa shape index (κ3) is 1.73. The summed E-state index contributed by atoms with van der Waals surface area (Å²) in [6.07, 6.45) is 0. The molecule has 0 bridgehead atoms. The molecule has 0 aliphatic rings. The fourth-order valence-electron chi connectivity index (χ4n) is 0.317. The van der Waals surface area contributed by atoms with Crippen LogP contribution in [-0.4, -0.2) is 32.9 Å². The molecule has 0 aliphatic heterocycles. The van der Waals surface area contributed by atoms with Crippen molar-refractivity contribution in [3.8, 4) is 0 Å². The van der Waals surface area contributed by atoms with E-state index in [0.717, 1.165) is 0 Å². The normalized spacial score (nSPS) is 13.3. The number of aliphatic carboxylic acids is 1. The van der Waals surface area contributed by atoms with Crippen molar-refractivity contribution in [1.82, 2.24) is 0 Å². The van der Waals surface area contributed by atoms with Gasteiger partial charge in [-0.25, -0.2) is 4.79 Å². The van der Waals surface area contributed by atoms with Gasteiger partial charge >= 0.3 is 5.97 Å². The number of hydrogen-bond acceptors (Lipinski definition) is 5. The van der Waals surface area contributed by atoms with E-state index in [1.807, 2.05) is 0 Å². The summed E-state index contributed by atoms with van der Waals surface area (Å²) >= 11 is 0. The molecule has 0 aliphatic carbocycles. The third-order valence-electron chi connectivity index (χ3n) is 0.795. The van der Waals surface area contributed by atoms with E-state index < -0.39 is 11.7 Å². The molecule has 0 aromatic rings. The molecule has 0 aromatic heterocycles. The molecule has 0 atom stereocenters. The van der Waals surface area contributed by atoms with Gasteiger partial charge in [-0.2, -0.15) is 0 Å². The molecule has 0 radical (unpaired) electrons. The van der Waals surface area contributed by atoms with E-state index in [-0.39, 0.29) is 5.71 Å². The molecule has 6 heteroatoms. The van der Waals surface area contributed by atoms with Crippen LogP contribution >= 0.6 is 0 Å². The van der Waals surface area contributed by atoms with Crippen LogP contribution in [0.4, 0.5) is 0 Å². The molecule has 0 aromatic carbocycles. The van der Waals surface area contributed by atoms with Crippen molar-refractivity contribution >= 4 is 17.4 Å². The summed E-state index contributed by atoms with van der Waals surface area (Å²) in [4.78, 5) is 10.0. The fourth-order valence-corrected chi connectivity index (χ4v) is 0.317. The smallest absolute Gasteiger partial charge is 0.360 e. The van der Waals surface area contributed by atoms with E-state index in [1.54, 1.807) is 0 Å². The van der Waals surface area contributed by atoms with Crippen molar-refractivity contribution in [3.63, 3.8) is 0 Å². The van der Waals surface area contributed by atoms with Gasteiger partial charge < -0.3 is 15.5 Å². The average Bonchev–Trinajstić information content (AvgIpc) is 1.88. The van der Waals surface area contributed by atoms with Crippen molar-refractivity contribution < 1.29 is 20.3 Å². The minimum Gasteiger partial charge on any atom is -0.476 e. The highest BCUT2D eigenvalue weighted by molar-refractivity contribution is 6.64. The topological polar surface area (TPSA) is 102 Å². The second kappa shape index (κ2) is 3.44. The van der Waals surface area contributed by atoms with Crippen LogP contribution in [0.15, 0.2) is 10.3 Å². The summed E-state index contributed by atoms with van der Waals surface area (Å²) in [5.74, 6) is -1.45. The highest BCUT2D eigenvalue weighted by Gasteiger charge is 2.13. The van der Waals surface area contributed by atoms with Gasteiger partial charge in [0.25, 0.3) is 0 Å². The zero-order chi connectivity index (χ0) is 8.15. The van der Waals surface area contributed by atoms with Crippen LogP contribution in [-0.2, 0) is 4.79 Å². The maximum Gasteiger partial charge on any atom is 0.360 e. The first-order chi connectivity index (χ1) is 4.63. The Morgan fingerprint density at radius 3 is 1.90 bits per heavy atom. The first kappa shape index (κ1) is 8.41. The molecular formula is C4H6N2O4. The Balaban J connectivity index is 4.56. The van der Waals surface area contributed by atoms with E-state index in [9.17, 15) is 4.79 Å². The standard InChI is InChI=1S/C4H6N2O4/c1-2(5-9)3(6-10)4(7)8/h9-10H,1H3,(H,7,8)/b5-2-,6-3-. The Hall–Kier alpha value is -1.59.